The Morgan fingerprint density at radius 3 is 2.36 bits per heavy atom. The maximum atomic E-state index is 12.1. The summed E-state index contributed by atoms with van der Waals surface area (Å²) in [7, 11) is 0. The lowest BCUT2D eigenvalue weighted by Crippen LogP contribution is -2.16. The van der Waals surface area contributed by atoms with Gasteiger partial charge < -0.3 is 4.74 Å². The number of aromatic nitrogens is 3. The molecule has 3 rings (SSSR count). The molecule has 7 heteroatoms. The average molecular weight is 307 g/mol. The van der Waals surface area contributed by atoms with Crippen LogP contribution in [0.2, 0.25) is 0 Å². The van der Waals surface area contributed by atoms with Gasteiger partial charge in [0.1, 0.15) is 11.3 Å². The second-order valence-corrected chi connectivity index (χ2v) is 4.68. The molecule has 0 saturated heterocycles. The van der Waals surface area contributed by atoms with Gasteiger partial charge in [-0.3, -0.25) is 0 Å². The highest BCUT2D eigenvalue weighted by molar-refractivity contribution is 5.81. The molecule has 0 saturated carbocycles. The molecule has 1 heterocycles. The third-order valence-corrected chi connectivity index (χ3v) is 3.23. The molecule has 0 aliphatic rings. The molecule has 0 fully saturated rings. The first-order valence-electron chi connectivity index (χ1n) is 6.66. The van der Waals surface area contributed by atoms with Crippen LogP contribution in [-0.4, -0.2) is 21.4 Å². The van der Waals surface area contributed by atoms with Gasteiger partial charge in [-0.25, -0.2) is 4.68 Å². The maximum absolute atomic E-state index is 12.1. The Kier molecular flexibility index (Phi) is 3.48. The summed E-state index contributed by atoms with van der Waals surface area (Å²) >= 11 is 0. The van der Waals surface area contributed by atoms with E-state index in [4.69, 9.17) is 0 Å². The SMILES string of the molecule is CCn1nnc2ccc(-c3ccc(OC(F)(F)F)cc3)cc21. The zero-order valence-corrected chi connectivity index (χ0v) is 11.6. The Morgan fingerprint density at radius 1 is 1.05 bits per heavy atom. The highest BCUT2D eigenvalue weighted by Crippen LogP contribution is 2.28. The summed E-state index contributed by atoms with van der Waals surface area (Å²) in [6.45, 7) is 2.66. The number of benzene rings is 2. The van der Waals surface area contributed by atoms with Crippen LogP contribution in [0.15, 0.2) is 42.5 Å². The van der Waals surface area contributed by atoms with Crippen molar-refractivity contribution in [3.63, 3.8) is 0 Å². The number of halogens is 3. The van der Waals surface area contributed by atoms with Gasteiger partial charge in [0.2, 0.25) is 0 Å². The van der Waals surface area contributed by atoms with Crippen molar-refractivity contribution in [2.24, 2.45) is 0 Å². The molecule has 0 radical (unpaired) electrons. The predicted molar refractivity (Wildman–Crippen MR) is 75.3 cm³/mol. The lowest BCUT2D eigenvalue weighted by Gasteiger charge is -2.09. The van der Waals surface area contributed by atoms with E-state index in [-0.39, 0.29) is 5.75 Å². The first-order valence-corrected chi connectivity index (χ1v) is 6.66. The first-order chi connectivity index (χ1) is 10.5. The average Bonchev–Trinajstić information content (AvgIpc) is 2.88. The zero-order valence-electron chi connectivity index (χ0n) is 11.6. The van der Waals surface area contributed by atoms with Crippen molar-refractivity contribution < 1.29 is 17.9 Å². The molecule has 0 bridgehead atoms. The minimum Gasteiger partial charge on any atom is -0.406 e. The van der Waals surface area contributed by atoms with E-state index in [9.17, 15) is 13.2 Å². The van der Waals surface area contributed by atoms with Crippen LogP contribution >= 0.6 is 0 Å². The number of hydrogen-bond donors (Lipinski definition) is 0. The minimum atomic E-state index is -4.68. The molecular formula is C15H12F3N3O. The lowest BCUT2D eigenvalue weighted by atomic mass is 10.1. The Hall–Kier alpha value is -2.57. The highest BCUT2D eigenvalue weighted by Gasteiger charge is 2.30. The largest absolute Gasteiger partial charge is 0.573 e. The molecule has 0 aliphatic heterocycles. The van der Waals surface area contributed by atoms with Crippen molar-refractivity contribution in [1.29, 1.82) is 0 Å². The summed E-state index contributed by atoms with van der Waals surface area (Å²) in [6.07, 6.45) is -4.68. The van der Waals surface area contributed by atoms with Crippen molar-refractivity contribution in [3.05, 3.63) is 42.5 Å². The summed E-state index contributed by atoms with van der Waals surface area (Å²) < 4.78 is 42.1. The summed E-state index contributed by atoms with van der Waals surface area (Å²) in [5.41, 5.74) is 3.33. The van der Waals surface area contributed by atoms with Crippen LogP contribution in [0.3, 0.4) is 0 Å². The van der Waals surface area contributed by atoms with Gasteiger partial charge in [0.15, 0.2) is 0 Å². The van der Waals surface area contributed by atoms with Crippen LogP contribution in [0.25, 0.3) is 22.2 Å². The Balaban J connectivity index is 1.93. The van der Waals surface area contributed by atoms with Crippen molar-refractivity contribution >= 4 is 11.0 Å². The molecule has 0 unspecified atom stereocenters. The predicted octanol–water partition coefficient (Wildman–Crippen LogP) is 4.02. The zero-order chi connectivity index (χ0) is 15.7. The van der Waals surface area contributed by atoms with Crippen molar-refractivity contribution in [1.82, 2.24) is 15.0 Å². The molecule has 0 aliphatic carbocycles. The molecule has 0 N–H and O–H groups in total. The number of ether oxygens (including phenoxy) is 1. The third-order valence-electron chi connectivity index (χ3n) is 3.23. The molecule has 1 aromatic heterocycles. The van der Waals surface area contributed by atoms with Gasteiger partial charge in [0.05, 0.1) is 5.52 Å². The van der Waals surface area contributed by atoms with Crippen LogP contribution in [0.5, 0.6) is 5.75 Å². The van der Waals surface area contributed by atoms with Crippen molar-refractivity contribution in [2.45, 2.75) is 19.8 Å². The topological polar surface area (TPSA) is 39.9 Å². The van der Waals surface area contributed by atoms with E-state index in [1.165, 1.54) is 12.1 Å². The monoisotopic (exact) mass is 307 g/mol. The maximum Gasteiger partial charge on any atom is 0.573 e. The molecule has 0 amide bonds. The Labute approximate surface area is 124 Å². The standard InChI is InChI=1S/C15H12F3N3O/c1-2-21-14-9-11(5-8-13(14)19-20-21)10-3-6-12(7-4-10)22-15(16,17)18/h3-9H,2H2,1H3. The van der Waals surface area contributed by atoms with Gasteiger partial charge in [-0.2, -0.15) is 0 Å². The summed E-state index contributed by atoms with van der Waals surface area (Å²) in [6, 6.07) is 11.4. The quantitative estimate of drug-likeness (QED) is 0.734. The molecule has 4 nitrogen and oxygen atoms in total. The van der Waals surface area contributed by atoms with Crippen LogP contribution in [0, 0.1) is 0 Å². The van der Waals surface area contributed by atoms with Crippen LogP contribution < -0.4 is 4.74 Å². The van der Waals surface area contributed by atoms with Gasteiger partial charge in [-0.1, -0.05) is 23.4 Å². The highest BCUT2D eigenvalue weighted by atomic mass is 19.4. The smallest absolute Gasteiger partial charge is 0.406 e. The fourth-order valence-electron chi connectivity index (χ4n) is 2.23. The summed E-state index contributed by atoms with van der Waals surface area (Å²) in [4.78, 5) is 0. The third kappa shape index (κ3) is 2.88. The van der Waals surface area contributed by atoms with Gasteiger partial charge >= 0.3 is 6.36 Å². The van der Waals surface area contributed by atoms with E-state index in [1.54, 1.807) is 16.8 Å². The van der Waals surface area contributed by atoms with E-state index in [1.807, 2.05) is 25.1 Å². The molecule has 0 atom stereocenters. The van der Waals surface area contributed by atoms with Crippen LogP contribution in [0.1, 0.15) is 6.92 Å². The fourth-order valence-corrected chi connectivity index (χ4v) is 2.23. The second kappa shape index (κ2) is 5.32. The van der Waals surface area contributed by atoms with Crippen molar-refractivity contribution in [2.75, 3.05) is 0 Å². The van der Waals surface area contributed by atoms with Gasteiger partial charge in [-0.15, -0.1) is 18.3 Å². The normalized spacial score (nSPS) is 11.8. The minimum absolute atomic E-state index is 0.238. The van der Waals surface area contributed by atoms with E-state index < -0.39 is 6.36 Å². The molecular weight excluding hydrogens is 295 g/mol. The molecule has 0 spiro atoms. The van der Waals surface area contributed by atoms with Gasteiger partial charge in [-0.05, 0) is 42.3 Å². The number of fused-ring (bicyclic) bond motifs is 1. The number of aryl methyl sites for hydroxylation is 1. The molecule has 2 aromatic carbocycles. The summed E-state index contributed by atoms with van der Waals surface area (Å²) in [5.74, 6) is -0.238. The van der Waals surface area contributed by atoms with E-state index in [0.29, 0.717) is 6.54 Å². The van der Waals surface area contributed by atoms with Gasteiger partial charge in [0.25, 0.3) is 0 Å². The summed E-state index contributed by atoms with van der Waals surface area (Å²) in [5, 5.41) is 8.07. The number of alkyl halides is 3. The second-order valence-electron chi connectivity index (χ2n) is 4.68. The van der Waals surface area contributed by atoms with E-state index in [2.05, 4.69) is 15.0 Å². The van der Waals surface area contributed by atoms with Gasteiger partial charge in [0, 0.05) is 6.54 Å². The number of hydrogen-bond acceptors (Lipinski definition) is 3. The van der Waals surface area contributed by atoms with Crippen LogP contribution in [-0.2, 0) is 6.54 Å². The Morgan fingerprint density at radius 2 is 1.73 bits per heavy atom. The lowest BCUT2D eigenvalue weighted by molar-refractivity contribution is -0.274. The Bertz CT molecular complexity index is 794. The first kappa shape index (κ1) is 14.4. The molecule has 3 aromatic rings. The van der Waals surface area contributed by atoms with E-state index in [0.717, 1.165) is 22.2 Å². The molecule has 114 valence electrons. The van der Waals surface area contributed by atoms with Crippen molar-refractivity contribution in [3.8, 4) is 16.9 Å². The number of nitrogens with zero attached hydrogens (tertiary/aromatic N) is 3. The van der Waals surface area contributed by atoms with Crippen LogP contribution in [0.4, 0.5) is 13.2 Å². The number of rotatable bonds is 3. The van der Waals surface area contributed by atoms with E-state index >= 15 is 0 Å². The molecule has 22 heavy (non-hydrogen) atoms. The fraction of sp³-hybridized carbons (Fsp3) is 0.200.